The average Bonchev–Trinajstić information content (AvgIpc) is 2.93. The molecule has 0 bridgehead atoms. The van der Waals surface area contributed by atoms with E-state index in [1.165, 1.54) is 62.0 Å². The summed E-state index contributed by atoms with van der Waals surface area (Å²) >= 11 is 1.43. The van der Waals surface area contributed by atoms with Crippen molar-refractivity contribution in [1.82, 2.24) is 15.6 Å². The number of thiazole rings is 1. The SMILES string of the molecule is O=C(Cc1csc(-c2cccc(F)c2)n1)NCCNC1CCCCCC1. The molecule has 1 heterocycles. The van der Waals surface area contributed by atoms with Crippen LogP contribution in [0.3, 0.4) is 0 Å². The summed E-state index contributed by atoms with van der Waals surface area (Å²) in [7, 11) is 0. The predicted molar refractivity (Wildman–Crippen MR) is 104 cm³/mol. The van der Waals surface area contributed by atoms with E-state index in [1.54, 1.807) is 6.07 Å². The highest BCUT2D eigenvalue weighted by Crippen LogP contribution is 2.24. The van der Waals surface area contributed by atoms with E-state index in [2.05, 4.69) is 15.6 Å². The number of benzene rings is 1. The minimum atomic E-state index is -0.279. The lowest BCUT2D eigenvalue weighted by Gasteiger charge is -2.16. The molecule has 1 amide bonds. The molecule has 1 aromatic heterocycles. The predicted octanol–water partition coefficient (Wildman–Crippen LogP) is 3.92. The van der Waals surface area contributed by atoms with Gasteiger partial charge in [0.15, 0.2) is 0 Å². The topological polar surface area (TPSA) is 54.0 Å². The van der Waals surface area contributed by atoms with Gasteiger partial charge in [-0.3, -0.25) is 4.79 Å². The Labute approximate surface area is 158 Å². The van der Waals surface area contributed by atoms with Crippen LogP contribution in [0.25, 0.3) is 10.6 Å². The number of aromatic nitrogens is 1. The number of rotatable bonds is 7. The number of amides is 1. The van der Waals surface area contributed by atoms with Gasteiger partial charge in [0, 0.05) is 30.1 Å². The van der Waals surface area contributed by atoms with Gasteiger partial charge in [0.05, 0.1) is 12.1 Å². The van der Waals surface area contributed by atoms with Crippen LogP contribution in [0.15, 0.2) is 29.6 Å². The summed E-state index contributed by atoms with van der Waals surface area (Å²) < 4.78 is 13.3. The molecule has 0 aliphatic heterocycles. The van der Waals surface area contributed by atoms with Crippen LogP contribution in [-0.2, 0) is 11.2 Å². The minimum Gasteiger partial charge on any atom is -0.354 e. The normalized spacial score (nSPS) is 15.6. The van der Waals surface area contributed by atoms with E-state index in [0.717, 1.165) is 22.8 Å². The fourth-order valence-electron chi connectivity index (χ4n) is 3.33. The summed E-state index contributed by atoms with van der Waals surface area (Å²) in [6, 6.07) is 6.96. The standard InChI is InChI=1S/C20H26FN3OS/c21-16-7-5-6-15(12-16)20-24-18(14-26-20)13-19(25)23-11-10-22-17-8-3-1-2-4-9-17/h5-7,12,14,17,22H,1-4,8-11,13H2,(H,23,25). The molecular formula is C20H26FN3OS. The lowest BCUT2D eigenvalue weighted by molar-refractivity contribution is -0.120. The Morgan fingerprint density at radius 2 is 2.00 bits per heavy atom. The summed E-state index contributed by atoms with van der Waals surface area (Å²) in [6.07, 6.45) is 8.06. The van der Waals surface area contributed by atoms with E-state index in [0.29, 0.717) is 12.6 Å². The largest absolute Gasteiger partial charge is 0.354 e. The van der Waals surface area contributed by atoms with Crippen LogP contribution in [-0.4, -0.2) is 30.0 Å². The monoisotopic (exact) mass is 375 g/mol. The van der Waals surface area contributed by atoms with Gasteiger partial charge in [0.1, 0.15) is 10.8 Å². The average molecular weight is 376 g/mol. The Kier molecular flexibility index (Phi) is 7.14. The van der Waals surface area contributed by atoms with Crippen LogP contribution in [0, 0.1) is 5.82 Å². The van der Waals surface area contributed by atoms with Crippen molar-refractivity contribution < 1.29 is 9.18 Å². The lowest BCUT2D eigenvalue weighted by Crippen LogP contribution is -2.37. The third-order valence-corrected chi connectivity index (χ3v) is 5.64. The van der Waals surface area contributed by atoms with Crippen LogP contribution >= 0.6 is 11.3 Å². The second kappa shape index (κ2) is 9.78. The van der Waals surface area contributed by atoms with Gasteiger partial charge >= 0.3 is 0 Å². The van der Waals surface area contributed by atoms with Crippen molar-refractivity contribution in [3.8, 4) is 10.6 Å². The van der Waals surface area contributed by atoms with Crippen molar-refractivity contribution in [2.24, 2.45) is 0 Å². The highest BCUT2D eigenvalue weighted by molar-refractivity contribution is 7.13. The van der Waals surface area contributed by atoms with E-state index >= 15 is 0 Å². The number of halogens is 1. The van der Waals surface area contributed by atoms with Crippen LogP contribution < -0.4 is 10.6 Å². The molecule has 0 spiro atoms. The van der Waals surface area contributed by atoms with Crippen molar-refractivity contribution in [2.75, 3.05) is 13.1 Å². The van der Waals surface area contributed by atoms with Crippen molar-refractivity contribution in [3.05, 3.63) is 41.2 Å². The number of carbonyl (C=O) groups is 1. The highest BCUT2D eigenvalue weighted by Gasteiger charge is 2.12. The molecule has 1 aliphatic carbocycles. The van der Waals surface area contributed by atoms with Crippen LogP contribution in [0.4, 0.5) is 4.39 Å². The molecular weight excluding hydrogens is 349 g/mol. The second-order valence-electron chi connectivity index (χ2n) is 6.82. The lowest BCUT2D eigenvalue weighted by atomic mass is 10.1. The first-order valence-electron chi connectivity index (χ1n) is 9.41. The molecule has 1 fully saturated rings. The fraction of sp³-hybridized carbons (Fsp3) is 0.500. The van der Waals surface area contributed by atoms with Gasteiger partial charge in [-0.15, -0.1) is 11.3 Å². The van der Waals surface area contributed by atoms with E-state index in [1.807, 2.05) is 11.4 Å². The summed E-state index contributed by atoms with van der Waals surface area (Å²) in [5.74, 6) is -0.304. The fourth-order valence-corrected chi connectivity index (χ4v) is 4.15. The van der Waals surface area contributed by atoms with Crippen molar-refractivity contribution in [3.63, 3.8) is 0 Å². The molecule has 1 aromatic carbocycles. The highest BCUT2D eigenvalue weighted by atomic mass is 32.1. The molecule has 0 saturated heterocycles. The third kappa shape index (κ3) is 5.88. The zero-order chi connectivity index (χ0) is 18.2. The second-order valence-corrected chi connectivity index (χ2v) is 7.68. The van der Waals surface area contributed by atoms with Gasteiger partial charge in [-0.05, 0) is 25.0 Å². The molecule has 2 aromatic rings. The Morgan fingerprint density at radius 1 is 1.19 bits per heavy atom. The molecule has 4 nitrogen and oxygen atoms in total. The van der Waals surface area contributed by atoms with Gasteiger partial charge in [-0.1, -0.05) is 37.8 Å². The van der Waals surface area contributed by atoms with E-state index in [9.17, 15) is 9.18 Å². The summed E-state index contributed by atoms with van der Waals surface area (Å²) in [5, 5.41) is 9.10. The molecule has 140 valence electrons. The van der Waals surface area contributed by atoms with E-state index in [4.69, 9.17) is 0 Å². The summed E-state index contributed by atoms with van der Waals surface area (Å²) in [4.78, 5) is 16.5. The Hall–Kier alpha value is -1.79. The van der Waals surface area contributed by atoms with E-state index < -0.39 is 0 Å². The number of hydrogen-bond donors (Lipinski definition) is 2. The Balaban J connectivity index is 1.39. The first-order valence-corrected chi connectivity index (χ1v) is 10.3. The van der Waals surface area contributed by atoms with Gasteiger partial charge in [0.25, 0.3) is 0 Å². The number of nitrogens with one attached hydrogen (secondary N) is 2. The molecule has 2 N–H and O–H groups in total. The van der Waals surface area contributed by atoms with Gasteiger partial charge < -0.3 is 10.6 Å². The maximum absolute atomic E-state index is 13.3. The van der Waals surface area contributed by atoms with Crippen LogP contribution in [0.1, 0.15) is 44.2 Å². The first kappa shape index (κ1) is 19.0. The number of carbonyl (C=O) groups excluding carboxylic acids is 1. The molecule has 1 aliphatic rings. The number of hydrogen-bond acceptors (Lipinski definition) is 4. The number of nitrogens with zero attached hydrogens (tertiary/aromatic N) is 1. The smallest absolute Gasteiger partial charge is 0.226 e. The van der Waals surface area contributed by atoms with Gasteiger partial charge in [0.2, 0.25) is 5.91 Å². The third-order valence-electron chi connectivity index (χ3n) is 4.70. The molecule has 0 radical (unpaired) electrons. The minimum absolute atomic E-state index is 0.0243. The molecule has 0 unspecified atom stereocenters. The summed E-state index contributed by atoms with van der Waals surface area (Å²) in [5.41, 5.74) is 1.47. The zero-order valence-electron chi connectivity index (χ0n) is 15.0. The molecule has 0 atom stereocenters. The maximum Gasteiger partial charge on any atom is 0.226 e. The maximum atomic E-state index is 13.3. The Morgan fingerprint density at radius 3 is 2.77 bits per heavy atom. The van der Waals surface area contributed by atoms with Crippen LogP contribution in [0.2, 0.25) is 0 Å². The quantitative estimate of drug-likeness (QED) is 0.570. The zero-order valence-corrected chi connectivity index (χ0v) is 15.8. The van der Waals surface area contributed by atoms with E-state index in [-0.39, 0.29) is 18.1 Å². The molecule has 26 heavy (non-hydrogen) atoms. The van der Waals surface area contributed by atoms with Crippen molar-refractivity contribution in [1.29, 1.82) is 0 Å². The van der Waals surface area contributed by atoms with Crippen LogP contribution in [0.5, 0.6) is 0 Å². The summed E-state index contributed by atoms with van der Waals surface area (Å²) in [6.45, 7) is 1.44. The molecule has 1 saturated carbocycles. The van der Waals surface area contributed by atoms with Crippen molar-refractivity contribution in [2.45, 2.75) is 51.0 Å². The molecule has 6 heteroatoms. The first-order chi connectivity index (χ1) is 12.7. The van der Waals surface area contributed by atoms with Gasteiger partial charge in [-0.25, -0.2) is 9.37 Å². The van der Waals surface area contributed by atoms with Gasteiger partial charge in [-0.2, -0.15) is 0 Å². The molecule has 3 rings (SSSR count). The van der Waals surface area contributed by atoms with Crippen molar-refractivity contribution >= 4 is 17.2 Å². The Bertz CT molecular complexity index is 711.